The third-order valence-electron chi connectivity index (χ3n) is 5.77. The highest BCUT2D eigenvalue weighted by Crippen LogP contribution is 2.22. The Balaban J connectivity index is 2.20. The van der Waals surface area contributed by atoms with E-state index in [4.69, 9.17) is 18.9 Å². The zero-order valence-electron chi connectivity index (χ0n) is 24.3. The van der Waals surface area contributed by atoms with E-state index in [1.54, 1.807) is 27.7 Å². The number of hydrogen-bond donors (Lipinski definition) is 2. The van der Waals surface area contributed by atoms with Gasteiger partial charge in [-0.2, -0.15) is 0 Å². The Labute approximate surface area is 237 Å². The minimum atomic E-state index is -1.19. The second-order valence-corrected chi connectivity index (χ2v) is 11.2. The molecule has 0 aliphatic rings. The third kappa shape index (κ3) is 12.2. The minimum Gasteiger partial charge on any atom is -0.481 e. The zero-order chi connectivity index (χ0) is 29.7. The Morgan fingerprint density at radius 2 is 1.45 bits per heavy atom. The van der Waals surface area contributed by atoms with E-state index in [1.807, 2.05) is 74.5 Å². The predicted octanol–water partition coefficient (Wildman–Crippen LogP) is 5.01. The molecule has 0 heterocycles. The molecule has 4 atom stereocenters. The SMILES string of the molecule is CC(C)CO[C@@H]([C@H](C)OC(=O)[C@H](COCc1ccccc1)NC(=O)OC(C)(C)C)[C@@H](Cc1ccccc1)C(=O)O. The molecule has 0 bridgehead atoms. The van der Waals surface area contributed by atoms with E-state index in [9.17, 15) is 19.5 Å². The maximum absolute atomic E-state index is 13.3. The Kier molecular flexibility index (Phi) is 13.1. The number of benzene rings is 2. The molecule has 0 radical (unpaired) electrons. The molecule has 0 saturated heterocycles. The third-order valence-corrected chi connectivity index (χ3v) is 5.77. The number of alkyl carbamates (subject to hydrolysis) is 1. The average Bonchev–Trinajstić information content (AvgIpc) is 2.87. The molecule has 0 unspecified atom stereocenters. The van der Waals surface area contributed by atoms with E-state index in [0.717, 1.165) is 11.1 Å². The molecular weight excluding hydrogens is 514 g/mol. The van der Waals surface area contributed by atoms with Crippen molar-refractivity contribution in [2.75, 3.05) is 13.2 Å². The molecule has 9 heteroatoms. The molecule has 0 aromatic heterocycles. The van der Waals surface area contributed by atoms with Crippen LogP contribution in [0.4, 0.5) is 4.79 Å². The first kappa shape index (κ1) is 32.8. The summed E-state index contributed by atoms with van der Waals surface area (Å²) in [6.45, 7) is 11.0. The number of esters is 1. The molecule has 220 valence electrons. The van der Waals surface area contributed by atoms with Gasteiger partial charge in [0.2, 0.25) is 0 Å². The highest BCUT2D eigenvalue weighted by molar-refractivity contribution is 5.81. The number of carbonyl (C=O) groups is 3. The number of aliphatic carboxylic acids is 1. The van der Waals surface area contributed by atoms with Crippen LogP contribution in [0.25, 0.3) is 0 Å². The summed E-state index contributed by atoms with van der Waals surface area (Å²) in [5.74, 6) is -2.69. The predicted molar refractivity (Wildman–Crippen MR) is 151 cm³/mol. The van der Waals surface area contributed by atoms with Crippen LogP contribution in [-0.4, -0.2) is 60.2 Å². The summed E-state index contributed by atoms with van der Waals surface area (Å²) in [7, 11) is 0. The fourth-order valence-electron chi connectivity index (χ4n) is 3.91. The van der Waals surface area contributed by atoms with Crippen LogP contribution in [0.15, 0.2) is 60.7 Å². The Morgan fingerprint density at radius 3 is 1.98 bits per heavy atom. The second kappa shape index (κ2) is 16.0. The Hall–Kier alpha value is -3.43. The molecule has 0 aliphatic heterocycles. The summed E-state index contributed by atoms with van der Waals surface area (Å²) >= 11 is 0. The van der Waals surface area contributed by atoms with Crippen molar-refractivity contribution in [2.45, 2.75) is 78.4 Å². The van der Waals surface area contributed by atoms with Gasteiger partial charge in [-0.25, -0.2) is 9.59 Å². The number of carboxylic acids is 1. The zero-order valence-corrected chi connectivity index (χ0v) is 24.3. The first-order valence-electron chi connectivity index (χ1n) is 13.6. The van der Waals surface area contributed by atoms with Crippen LogP contribution in [0.2, 0.25) is 0 Å². The van der Waals surface area contributed by atoms with Crippen LogP contribution >= 0.6 is 0 Å². The van der Waals surface area contributed by atoms with Crippen molar-refractivity contribution in [3.63, 3.8) is 0 Å². The van der Waals surface area contributed by atoms with Gasteiger partial charge >= 0.3 is 18.0 Å². The lowest BCUT2D eigenvalue weighted by Crippen LogP contribution is -2.49. The fraction of sp³-hybridized carbons (Fsp3) is 0.516. The molecule has 2 aromatic carbocycles. The van der Waals surface area contributed by atoms with Gasteiger partial charge in [0.25, 0.3) is 0 Å². The molecule has 9 nitrogen and oxygen atoms in total. The summed E-state index contributed by atoms with van der Waals surface area (Å²) in [6, 6.07) is 17.4. The molecule has 1 amide bonds. The first-order chi connectivity index (χ1) is 18.9. The van der Waals surface area contributed by atoms with Crippen LogP contribution in [0, 0.1) is 11.8 Å². The van der Waals surface area contributed by atoms with E-state index in [-0.39, 0.29) is 32.2 Å². The van der Waals surface area contributed by atoms with Crippen molar-refractivity contribution in [1.29, 1.82) is 0 Å². The molecular formula is C31H43NO8. The van der Waals surface area contributed by atoms with Gasteiger partial charge < -0.3 is 29.4 Å². The highest BCUT2D eigenvalue weighted by Gasteiger charge is 2.37. The summed E-state index contributed by atoms with van der Waals surface area (Å²) in [5.41, 5.74) is 0.941. The van der Waals surface area contributed by atoms with Crippen molar-refractivity contribution in [3.05, 3.63) is 71.8 Å². The Morgan fingerprint density at radius 1 is 0.875 bits per heavy atom. The van der Waals surface area contributed by atoms with Crippen molar-refractivity contribution in [1.82, 2.24) is 5.32 Å². The van der Waals surface area contributed by atoms with Crippen LogP contribution < -0.4 is 5.32 Å². The first-order valence-corrected chi connectivity index (χ1v) is 13.6. The number of ether oxygens (including phenoxy) is 4. The highest BCUT2D eigenvalue weighted by atomic mass is 16.6. The van der Waals surface area contributed by atoms with E-state index < -0.39 is 47.8 Å². The summed E-state index contributed by atoms with van der Waals surface area (Å²) < 4.78 is 22.8. The monoisotopic (exact) mass is 557 g/mol. The summed E-state index contributed by atoms with van der Waals surface area (Å²) in [5, 5.41) is 12.6. The lowest BCUT2D eigenvalue weighted by atomic mass is 9.91. The minimum absolute atomic E-state index is 0.129. The van der Waals surface area contributed by atoms with E-state index in [2.05, 4.69) is 5.32 Å². The van der Waals surface area contributed by atoms with Crippen molar-refractivity contribution < 1.29 is 38.4 Å². The van der Waals surface area contributed by atoms with Crippen LogP contribution in [0.5, 0.6) is 0 Å². The molecule has 2 rings (SSSR count). The van der Waals surface area contributed by atoms with Gasteiger partial charge in [-0.15, -0.1) is 0 Å². The van der Waals surface area contributed by atoms with Gasteiger partial charge in [0.15, 0.2) is 6.04 Å². The van der Waals surface area contributed by atoms with E-state index in [1.165, 1.54) is 0 Å². The van der Waals surface area contributed by atoms with E-state index in [0.29, 0.717) is 0 Å². The van der Waals surface area contributed by atoms with Crippen LogP contribution in [-0.2, 0) is 41.6 Å². The maximum Gasteiger partial charge on any atom is 0.408 e. The lowest BCUT2D eigenvalue weighted by molar-refractivity contribution is -0.170. The largest absolute Gasteiger partial charge is 0.481 e. The van der Waals surface area contributed by atoms with Crippen LogP contribution in [0.3, 0.4) is 0 Å². The quantitative estimate of drug-likeness (QED) is 0.293. The van der Waals surface area contributed by atoms with E-state index >= 15 is 0 Å². The Bertz CT molecular complexity index is 1050. The molecule has 0 spiro atoms. The molecule has 2 aromatic rings. The number of amides is 1. The molecule has 0 saturated carbocycles. The number of rotatable bonds is 15. The van der Waals surface area contributed by atoms with Gasteiger partial charge in [-0.05, 0) is 51.2 Å². The fourth-order valence-corrected chi connectivity index (χ4v) is 3.91. The topological polar surface area (TPSA) is 120 Å². The van der Waals surface area contributed by atoms with Crippen molar-refractivity contribution in [3.8, 4) is 0 Å². The number of carboxylic acid groups (broad SMARTS) is 1. The van der Waals surface area contributed by atoms with Gasteiger partial charge in [-0.3, -0.25) is 4.79 Å². The second-order valence-electron chi connectivity index (χ2n) is 11.2. The van der Waals surface area contributed by atoms with Crippen molar-refractivity contribution in [2.24, 2.45) is 11.8 Å². The normalized spacial score (nSPS) is 14.6. The van der Waals surface area contributed by atoms with Gasteiger partial charge in [0.05, 0.1) is 19.1 Å². The van der Waals surface area contributed by atoms with Crippen molar-refractivity contribution >= 4 is 18.0 Å². The summed E-state index contributed by atoms with van der Waals surface area (Å²) in [4.78, 5) is 38.2. The average molecular weight is 558 g/mol. The standard InChI is InChI=1S/C31H43NO8/c1-21(2)18-38-27(25(28(33)34)17-23-13-9-7-10-14-23)22(3)39-29(35)26(32-30(36)40-31(4,5)6)20-37-19-24-15-11-8-12-16-24/h7-16,21-22,25-27H,17-20H2,1-6H3,(H,32,36)(H,33,34)/t22-,25+,26-,27-/m0/s1. The molecule has 0 fully saturated rings. The number of nitrogens with one attached hydrogen (secondary N) is 1. The maximum atomic E-state index is 13.3. The molecule has 40 heavy (non-hydrogen) atoms. The van der Waals surface area contributed by atoms with Gasteiger partial charge in [-0.1, -0.05) is 74.5 Å². The molecule has 2 N–H and O–H groups in total. The number of hydrogen-bond acceptors (Lipinski definition) is 7. The lowest BCUT2D eigenvalue weighted by Gasteiger charge is -2.31. The number of carbonyl (C=O) groups excluding carboxylic acids is 2. The van der Waals surface area contributed by atoms with Crippen LogP contribution in [0.1, 0.15) is 52.7 Å². The smallest absolute Gasteiger partial charge is 0.408 e. The van der Waals surface area contributed by atoms with Gasteiger partial charge in [0, 0.05) is 6.61 Å². The summed E-state index contributed by atoms with van der Waals surface area (Å²) in [6.07, 6.45) is -2.48. The molecule has 0 aliphatic carbocycles. The van der Waals surface area contributed by atoms with Gasteiger partial charge in [0.1, 0.15) is 17.8 Å².